The molecule has 0 bridgehead atoms. The normalized spacial score (nSPS) is 53.6. The van der Waals surface area contributed by atoms with Crippen LogP contribution in [0.15, 0.2) is 0 Å². The van der Waals surface area contributed by atoms with Crippen LogP contribution in [0.4, 0.5) is 0 Å². The predicted octanol–water partition coefficient (Wildman–Crippen LogP) is 5.17. The van der Waals surface area contributed by atoms with Gasteiger partial charge in [-0.25, -0.2) is 0 Å². The molecule has 4 aliphatic rings. The highest BCUT2D eigenvalue weighted by Gasteiger charge is 2.52. The van der Waals surface area contributed by atoms with Gasteiger partial charge in [0, 0.05) is 0 Å². The fraction of sp³-hybridized carbons (Fsp3) is 1.00. The lowest BCUT2D eigenvalue weighted by molar-refractivity contribution is 0.274. The Kier molecular flexibility index (Phi) is 2.56. The molecular weight excluding hydrogens is 204 g/mol. The Morgan fingerprint density at radius 2 is 0.765 bits per heavy atom. The topological polar surface area (TPSA) is 0 Å². The monoisotopic (exact) mass is 232 g/mol. The summed E-state index contributed by atoms with van der Waals surface area (Å²) < 4.78 is 0. The van der Waals surface area contributed by atoms with Gasteiger partial charge < -0.3 is 0 Å². The van der Waals surface area contributed by atoms with E-state index in [2.05, 4.69) is 0 Å². The van der Waals surface area contributed by atoms with Crippen LogP contribution >= 0.6 is 0 Å². The SMILES string of the molecule is C1CCC2CC3(CC2C1)CC1CCCCC1C3. The zero-order valence-corrected chi connectivity index (χ0v) is 11.3. The summed E-state index contributed by atoms with van der Waals surface area (Å²) in [5.74, 6) is 4.63. The van der Waals surface area contributed by atoms with Crippen LogP contribution in [-0.2, 0) is 0 Å². The molecule has 4 aliphatic carbocycles. The highest BCUT2D eigenvalue weighted by molar-refractivity contribution is 5.02. The molecule has 4 unspecified atom stereocenters. The molecule has 0 saturated heterocycles. The van der Waals surface area contributed by atoms with E-state index in [-0.39, 0.29) is 0 Å². The van der Waals surface area contributed by atoms with Crippen LogP contribution < -0.4 is 0 Å². The van der Waals surface area contributed by atoms with Crippen LogP contribution in [-0.4, -0.2) is 0 Å². The zero-order chi connectivity index (χ0) is 11.3. The van der Waals surface area contributed by atoms with Crippen molar-refractivity contribution in [1.29, 1.82) is 0 Å². The minimum absolute atomic E-state index is 0.860. The lowest BCUT2D eigenvalue weighted by Gasteiger charge is -2.24. The van der Waals surface area contributed by atoms with Gasteiger partial charge in [0.2, 0.25) is 0 Å². The molecule has 0 nitrogen and oxygen atoms in total. The minimum Gasteiger partial charge on any atom is -0.0530 e. The average Bonchev–Trinajstić information content (AvgIpc) is 2.87. The molecule has 1 spiro atoms. The number of hydrogen-bond donors (Lipinski definition) is 0. The fourth-order valence-electron chi connectivity index (χ4n) is 6.37. The Morgan fingerprint density at radius 3 is 1.06 bits per heavy atom. The van der Waals surface area contributed by atoms with E-state index < -0.39 is 0 Å². The zero-order valence-electron chi connectivity index (χ0n) is 11.3. The van der Waals surface area contributed by atoms with Gasteiger partial charge >= 0.3 is 0 Å². The number of fused-ring (bicyclic) bond motifs is 2. The van der Waals surface area contributed by atoms with E-state index in [0.717, 1.165) is 29.1 Å². The first kappa shape index (κ1) is 10.9. The maximum Gasteiger partial charge on any atom is -0.0287 e. The van der Waals surface area contributed by atoms with Crippen molar-refractivity contribution in [3.8, 4) is 0 Å². The van der Waals surface area contributed by atoms with Gasteiger partial charge in [-0.05, 0) is 54.8 Å². The Labute approximate surface area is 107 Å². The van der Waals surface area contributed by atoms with Crippen LogP contribution in [0.25, 0.3) is 0 Å². The second-order valence-corrected chi connectivity index (χ2v) is 7.93. The average molecular weight is 232 g/mol. The smallest absolute Gasteiger partial charge is 0.0287 e. The Balaban J connectivity index is 1.51. The van der Waals surface area contributed by atoms with E-state index in [1.54, 1.807) is 77.0 Å². The molecule has 17 heavy (non-hydrogen) atoms. The van der Waals surface area contributed by atoms with E-state index >= 15 is 0 Å². The third kappa shape index (κ3) is 1.78. The standard InChI is InChI=1S/C17H28/c1-2-6-14-10-17(9-13(14)5-1)11-15-7-3-4-8-16(15)12-17/h13-16H,1-12H2. The maximum atomic E-state index is 1.64. The van der Waals surface area contributed by atoms with Crippen molar-refractivity contribution in [3.05, 3.63) is 0 Å². The van der Waals surface area contributed by atoms with Crippen LogP contribution in [0, 0.1) is 29.1 Å². The minimum atomic E-state index is 0.860. The third-order valence-electron chi connectivity index (χ3n) is 6.91. The molecule has 0 amide bonds. The fourth-order valence-corrected chi connectivity index (χ4v) is 6.37. The Bertz CT molecular complexity index is 231. The molecule has 0 aromatic rings. The van der Waals surface area contributed by atoms with Gasteiger partial charge in [-0.2, -0.15) is 0 Å². The second kappa shape index (κ2) is 4.00. The van der Waals surface area contributed by atoms with E-state index in [0.29, 0.717) is 0 Å². The summed E-state index contributed by atoms with van der Waals surface area (Å²) in [5, 5.41) is 0. The van der Waals surface area contributed by atoms with E-state index in [1.165, 1.54) is 0 Å². The highest BCUT2D eigenvalue weighted by atomic mass is 14.6. The third-order valence-corrected chi connectivity index (χ3v) is 6.91. The summed E-state index contributed by atoms with van der Waals surface area (Å²) >= 11 is 0. The van der Waals surface area contributed by atoms with E-state index in [1.807, 2.05) is 0 Å². The highest BCUT2D eigenvalue weighted by Crippen LogP contribution is 2.63. The van der Waals surface area contributed by atoms with Gasteiger partial charge in [0.05, 0.1) is 0 Å². The van der Waals surface area contributed by atoms with Crippen LogP contribution in [0.1, 0.15) is 77.0 Å². The molecule has 0 aromatic heterocycles. The lowest BCUT2D eigenvalue weighted by Crippen LogP contribution is -2.12. The lowest BCUT2D eigenvalue weighted by atomic mass is 9.82. The van der Waals surface area contributed by atoms with Gasteiger partial charge in [0.15, 0.2) is 0 Å². The summed E-state index contributed by atoms with van der Waals surface area (Å²) in [4.78, 5) is 0. The summed E-state index contributed by atoms with van der Waals surface area (Å²) in [6.07, 6.45) is 19.1. The van der Waals surface area contributed by atoms with E-state index in [9.17, 15) is 0 Å². The summed E-state index contributed by atoms with van der Waals surface area (Å²) in [6.45, 7) is 0. The molecule has 4 atom stereocenters. The first-order valence-electron chi connectivity index (χ1n) is 8.35. The van der Waals surface area contributed by atoms with Gasteiger partial charge in [0.25, 0.3) is 0 Å². The largest absolute Gasteiger partial charge is 0.0530 e. The van der Waals surface area contributed by atoms with Crippen molar-refractivity contribution in [3.63, 3.8) is 0 Å². The molecule has 0 aliphatic heterocycles. The Morgan fingerprint density at radius 1 is 0.471 bits per heavy atom. The van der Waals surface area contributed by atoms with Gasteiger partial charge in [0.1, 0.15) is 0 Å². The predicted molar refractivity (Wildman–Crippen MR) is 71.8 cm³/mol. The van der Waals surface area contributed by atoms with Crippen molar-refractivity contribution >= 4 is 0 Å². The quantitative estimate of drug-likeness (QED) is 0.540. The molecule has 0 radical (unpaired) electrons. The Hall–Kier alpha value is 0. The number of hydrogen-bond acceptors (Lipinski definition) is 0. The maximum absolute atomic E-state index is 1.64. The summed E-state index contributed by atoms with van der Waals surface area (Å²) in [5.41, 5.74) is 0.860. The molecule has 4 saturated carbocycles. The van der Waals surface area contributed by atoms with Crippen molar-refractivity contribution in [2.45, 2.75) is 77.0 Å². The molecule has 0 aromatic carbocycles. The first-order valence-corrected chi connectivity index (χ1v) is 8.35. The number of rotatable bonds is 0. The van der Waals surface area contributed by atoms with Crippen LogP contribution in [0.3, 0.4) is 0 Å². The molecule has 96 valence electrons. The van der Waals surface area contributed by atoms with Crippen molar-refractivity contribution < 1.29 is 0 Å². The van der Waals surface area contributed by atoms with E-state index in [4.69, 9.17) is 0 Å². The summed E-state index contributed by atoms with van der Waals surface area (Å²) in [7, 11) is 0. The van der Waals surface area contributed by atoms with Crippen LogP contribution in [0.2, 0.25) is 0 Å². The molecule has 0 heteroatoms. The van der Waals surface area contributed by atoms with Crippen molar-refractivity contribution in [2.75, 3.05) is 0 Å². The molecule has 0 N–H and O–H groups in total. The molecule has 4 rings (SSSR count). The van der Waals surface area contributed by atoms with Crippen LogP contribution in [0.5, 0.6) is 0 Å². The second-order valence-electron chi connectivity index (χ2n) is 7.93. The molecule has 0 heterocycles. The van der Waals surface area contributed by atoms with Crippen molar-refractivity contribution in [1.82, 2.24) is 0 Å². The molecular formula is C17H28. The van der Waals surface area contributed by atoms with Gasteiger partial charge in [-0.3, -0.25) is 0 Å². The van der Waals surface area contributed by atoms with Gasteiger partial charge in [-0.15, -0.1) is 0 Å². The first-order chi connectivity index (χ1) is 8.35. The van der Waals surface area contributed by atoms with Gasteiger partial charge in [-0.1, -0.05) is 51.4 Å². The van der Waals surface area contributed by atoms with Crippen molar-refractivity contribution in [2.24, 2.45) is 29.1 Å². The molecule has 4 fully saturated rings. The summed E-state index contributed by atoms with van der Waals surface area (Å²) in [6, 6.07) is 0.